The van der Waals surface area contributed by atoms with E-state index in [-0.39, 0.29) is 11.5 Å². The van der Waals surface area contributed by atoms with Crippen LogP contribution in [0.15, 0.2) is 40.5 Å². The Morgan fingerprint density at radius 3 is 2.75 bits per heavy atom. The van der Waals surface area contributed by atoms with Crippen LogP contribution in [0.25, 0.3) is 0 Å². The van der Waals surface area contributed by atoms with Crippen molar-refractivity contribution < 1.29 is 4.79 Å². The van der Waals surface area contributed by atoms with Gasteiger partial charge in [-0.05, 0) is 17.7 Å². The minimum absolute atomic E-state index is 0.136. The summed E-state index contributed by atoms with van der Waals surface area (Å²) < 4.78 is 0.998. The third-order valence-electron chi connectivity index (χ3n) is 3.90. The maximum atomic E-state index is 12.4. The largest absolute Gasteiger partial charge is 0.386 e. The van der Waals surface area contributed by atoms with E-state index in [1.54, 1.807) is 4.90 Å². The Hall–Kier alpha value is -1.88. The summed E-state index contributed by atoms with van der Waals surface area (Å²) in [6.07, 6.45) is 1.51. The molecule has 1 saturated heterocycles. The van der Waals surface area contributed by atoms with Crippen molar-refractivity contribution in [2.75, 3.05) is 39.3 Å². The van der Waals surface area contributed by atoms with E-state index in [0.29, 0.717) is 26.2 Å². The summed E-state index contributed by atoms with van der Waals surface area (Å²) in [5.41, 5.74) is 6.76. The number of rotatable bonds is 6. The van der Waals surface area contributed by atoms with Gasteiger partial charge in [0.1, 0.15) is 11.6 Å². The first kappa shape index (κ1) is 18.5. The first-order chi connectivity index (χ1) is 11.6. The molecule has 1 aromatic carbocycles. The molecule has 0 atom stereocenters. The number of amides is 1. The highest BCUT2D eigenvalue weighted by molar-refractivity contribution is 9.10. The van der Waals surface area contributed by atoms with E-state index in [9.17, 15) is 10.1 Å². The molecule has 1 fully saturated rings. The fraction of sp³-hybridized carbons (Fsp3) is 0.412. The Labute approximate surface area is 151 Å². The normalized spacial score (nSPS) is 15.9. The predicted octanol–water partition coefficient (Wildman–Crippen LogP) is 1.05. The molecule has 1 amide bonds. The van der Waals surface area contributed by atoms with E-state index in [1.165, 1.54) is 6.20 Å². The first-order valence-corrected chi connectivity index (χ1v) is 8.73. The number of carbonyl (C=O) groups excluding carboxylic acids is 1. The van der Waals surface area contributed by atoms with Gasteiger partial charge in [0.25, 0.3) is 5.91 Å². The zero-order valence-corrected chi connectivity index (χ0v) is 15.1. The molecule has 0 unspecified atom stereocenters. The van der Waals surface area contributed by atoms with E-state index in [2.05, 4.69) is 26.1 Å². The summed E-state index contributed by atoms with van der Waals surface area (Å²) >= 11 is 3.42. The molecular weight excluding hydrogens is 370 g/mol. The molecule has 6 nitrogen and oxygen atoms in total. The van der Waals surface area contributed by atoms with E-state index in [4.69, 9.17) is 5.73 Å². The Kier molecular flexibility index (Phi) is 7.25. The van der Waals surface area contributed by atoms with Gasteiger partial charge in [0.2, 0.25) is 0 Å². The maximum absolute atomic E-state index is 12.4. The van der Waals surface area contributed by atoms with Crippen LogP contribution < -0.4 is 11.1 Å². The summed E-state index contributed by atoms with van der Waals surface area (Å²) in [5, 5.41) is 12.3. The van der Waals surface area contributed by atoms with Crippen molar-refractivity contribution >= 4 is 21.8 Å². The molecule has 0 aromatic heterocycles. The molecule has 1 aliphatic heterocycles. The van der Waals surface area contributed by atoms with Crippen molar-refractivity contribution in [3.8, 4) is 6.07 Å². The van der Waals surface area contributed by atoms with Gasteiger partial charge in [-0.1, -0.05) is 28.1 Å². The molecule has 3 N–H and O–H groups in total. The number of hydrogen-bond donors (Lipinski definition) is 2. The summed E-state index contributed by atoms with van der Waals surface area (Å²) in [4.78, 5) is 16.4. The number of piperazine rings is 1. The Morgan fingerprint density at radius 2 is 2.12 bits per heavy atom. The summed E-state index contributed by atoms with van der Waals surface area (Å²) in [7, 11) is 0. The average Bonchev–Trinajstić information content (AvgIpc) is 2.59. The van der Waals surface area contributed by atoms with Crippen molar-refractivity contribution in [3.05, 3.63) is 46.1 Å². The fourth-order valence-corrected chi connectivity index (χ4v) is 3.03. The third kappa shape index (κ3) is 5.34. The molecule has 0 bridgehead atoms. The lowest BCUT2D eigenvalue weighted by Crippen LogP contribution is -2.50. The second kappa shape index (κ2) is 9.42. The van der Waals surface area contributed by atoms with Gasteiger partial charge in [-0.2, -0.15) is 5.26 Å². The standard InChI is InChI=1S/C17H22BrN5O/c18-16-3-1-2-14(10-16)12-21-13-15(11-20)17(24)23-8-6-22(5-4-19)7-9-23/h1-3,10,13,21H,4-9,12,19H2/b15-13-. The number of nitrogens with two attached hydrogens (primary N) is 1. The van der Waals surface area contributed by atoms with Gasteiger partial charge in [0, 0.05) is 56.5 Å². The monoisotopic (exact) mass is 391 g/mol. The van der Waals surface area contributed by atoms with Crippen molar-refractivity contribution in [3.63, 3.8) is 0 Å². The Bertz CT molecular complexity index is 632. The fourth-order valence-electron chi connectivity index (χ4n) is 2.59. The number of benzene rings is 1. The molecule has 0 saturated carbocycles. The molecule has 1 aliphatic rings. The summed E-state index contributed by atoms with van der Waals surface area (Å²) in [5.74, 6) is -0.216. The van der Waals surface area contributed by atoms with Crippen LogP contribution in [0.2, 0.25) is 0 Å². The van der Waals surface area contributed by atoms with Crippen molar-refractivity contribution in [2.45, 2.75) is 6.54 Å². The zero-order valence-electron chi connectivity index (χ0n) is 13.5. The van der Waals surface area contributed by atoms with E-state index >= 15 is 0 Å². The molecule has 24 heavy (non-hydrogen) atoms. The number of carbonyl (C=O) groups is 1. The highest BCUT2D eigenvalue weighted by atomic mass is 79.9. The van der Waals surface area contributed by atoms with Crippen LogP contribution in [0.1, 0.15) is 5.56 Å². The van der Waals surface area contributed by atoms with Gasteiger partial charge in [-0.15, -0.1) is 0 Å². The molecule has 1 aromatic rings. The smallest absolute Gasteiger partial charge is 0.266 e. The number of halogens is 1. The quantitative estimate of drug-likeness (QED) is 0.559. The highest BCUT2D eigenvalue weighted by Gasteiger charge is 2.23. The summed E-state index contributed by atoms with van der Waals surface area (Å²) in [6, 6.07) is 9.87. The van der Waals surface area contributed by atoms with E-state index in [0.717, 1.165) is 29.7 Å². The van der Waals surface area contributed by atoms with Gasteiger partial charge in [-0.3, -0.25) is 9.69 Å². The van der Waals surface area contributed by atoms with Gasteiger partial charge < -0.3 is 16.0 Å². The van der Waals surface area contributed by atoms with E-state index < -0.39 is 0 Å². The van der Waals surface area contributed by atoms with Crippen LogP contribution in [0.4, 0.5) is 0 Å². The van der Waals surface area contributed by atoms with Gasteiger partial charge >= 0.3 is 0 Å². The molecule has 2 rings (SSSR count). The molecular formula is C17H22BrN5O. The van der Waals surface area contributed by atoms with Gasteiger partial charge in [0.05, 0.1) is 0 Å². The Morgan fingerprint density at radius 1 is 1.38 bits per heavy atom. The molecule has 7 heteroatoms. The first-order valence-electron chi connectivity index (χ1n) is 7.94. The lowest BCUT2D eigenvalue weighted by Gasteiger charge is -2.34. The van der Waals surface area contributed by atoms with Crippen molar-refractivity contribution in [1.29, 1.82) is 5.26 Å². The zero-order chi connectivity index (χ0) is 17.4. The third-order valence-corrected chi connectivity index (χ3v) is 4.39. The van der Waals surface area contributed by atoms with Gasteiger partial charge in [-0.25, -0.2) is 0 Å². The lowest BCUT2D eigenvalue weighted by molar-refractivity contribution is -0.128. The lowest BCUT2D eigenvalue weighted by atomic mass is 10.2. The number of nitriles is 1. The van der Waals surface area contributed by atoms with Gasteiger partial charge in [0.15, 0.2) is 0 Å². The predicted molar refractivity (Wildman–Crippen MR) is 96.8 cm³/mol. The molecule has 1 heterocycles. The maximum Gasteiger partial charge on any atom is 0.266 e. The molecule has 0 radical (unpaired) electrons. The number of nitrogens with one attached hydrogen (secondary N) is 1. The van der Waals surface area contributed by atoms with Crippen LogP contribution in [-0.4, -0.2) is 55.0 Å². The number of hydrogen-bond acceptors (Lipinski definition) is 5. The van der Waals surface area contributed by atoms with Crippen LogP contribution in [0.3, 0.4) is 0 Å². The SMILES string of the molecule is N#C/C(=C/NCc1cccc(Br)c1)C(=O)N1CCN(CCN)CC1. The molecule has 0 aliphatic carbocycles. The van der Waals surface area contributed by atoms with Crippen LogP contribution >= 0.6 is 15.9 Å². The second-order valence-corrected chi connectivity index (χ2v) is 6.52. The minimum Gasteiger partial charge on any atom is -0.386 e. The topological polar surface area (TPSA) is 85.4 Å². The van der Waals surface area contributed by atoms with Crippen molar-refractivity contribution in [1.82, 2.24) is 15.1 Å². The van der Waals surface area contributed by atoms with E-state index in [1.807, 2.05) is 30.3 Å². The van der Waals surface area contributed by atoms with Crippen molar-refractivity contribution in [2.24, 2.45) is 5.73 Å². The molecule has 0 spiro atoms. The average molecular weight is 392 g/mol. The van der Waals surface area contributed by atoms with Crippen LogP contribution in [-0.2, 0) is 11.3 Å². The Balaban J connectivity index is 1.88. The highest BCUT2D eigenvalue weighted by Crippen LogP contribution is 2.11. The molecule has 128 valence electrons. The van der Waals surface area contributed by atoms with Crippen LogP contribution in [0.5, 0.6) is 0 Å². The minimum atomic E-state index is -0.216. The summed E-state index contributed by atoms with van der Waals surface area (Å²) in [6.45, 7) is 4.88. The number of nitrogens with zero attached hydrogens (tertiary/aromatic N) is 3. The second-order valence-electron chi connectivity index (χ2n) is 5.60. The van der Waals surface area contributed by atoms with Crippen LogP contribution in [0, 0.1) is 11.3 Å².